The van der Waals surface area contributed by atoms with Gasteiger partial charge >= 0.3 is 0 Å². The van der Waals surface area contributed by atoms with Crippen LogP contribution in [0.25, 0.3) is 0 Å². The van der Waals surface area contributed by atoms with Gasteiger partial charge in [-0.25, -0.2) is 0 Å². The lowest BCUT2D eigenvalue weighted by Crippen LogP contribution is -2.49. The smallest absolute Gasteiger partial charge is 0.0701 e. The van der Waals surface area contributed by atoms with Gasteiger partial charge < -0.3 is 29.2 Å². The maximum atomic E-state index is 5.69. The molecule has 0 aromatic heterocycles. The Kier molecular flexibility index (Phi) is 15.2. The summed E-state index contributed by atoms with van der Waals surface area (Å²) in [5.41, 5.74) is 0.211. The van der Waals surface area contributed by atoms with E-state index in [9.17, 15) is 0 Å². The van der Waals surface area contributed by atoms with Gasteiger partial charge in [-0.2, -0.15) is 0 Å². The molecule has 1 fully saturated rings. The van der Waals surface area contributed by atoms with Crippen LogP contribution in [0.4, 0.5) is 0 Å². The molecule has 168 valence electrons. The summed E-state index contributed by atoms with van der Waals surface area (Å²) in [6.07, 6.45) is 6.07. The fourth-order valence-electron chi connectivity index (χ4n) is 3.32. The van der Waals surface area contributed by atoms with Crippen LogP contribution >= 0.6 is 0 Å². The third kappa shape index (κ3) is 15.7. The standard InChI is InChI=1S/C22H46N2O4/c1-5-6-7-13-25-15-17-27-19-20-28-18-16-26-14-12-24-10-8-21(9-11-24)23-22(2,3)4/h21,23H,5-20H2,1-4H3. The van der Waals surface area contributed by atoms with Crippen molar-refractivity contribution in [2.45, 2.75) is 71.4 Å². The average Bonchev–Trinajstić information content (AvgIpc) is 2.65. The van der Waals surface area contributed by atoms with Crippen molar-refractivity contribution in [3.63, 3.8) is 0 Å². The molecule has 0 unspecified atom stereocenters. The number of piperidine rings is 1. The van der Waals surface area contributed by atoms with Crippen LogP contribution in [0.5, 0.6) is 0 Å². The van der Waals surface area contributed by atoms with Gasteiger partial charge in [-0.15, -0.1) is 0 Å². The molecule has 0 atom stereocenters. The van der Waals surface area contributed by atoms with E-state index in [0.29, 0.717) is 45.7 Å². The lowest BCUT2D eigenvalue weighted by atomic mass is 10.00. The summed E-state index contributed by atoms with van der Waals surface area (Å²) in [6.45, 7) is 17.7. The lowest BCUT2D eigenvalue weighted by molar-refractivity contribution is -0.00482. The highest BCUT2D eigenvalue weighted by Crippen LogP contribution is 2.13. The Bertz CT molecular complexity index is 342. The van der Waals surface area contributed by atoms with E-state index in [1.165, 1.54) is 25.7 Å². The Morgan fingerprint density at radius 1 is 0.750 bits per heavy atom. The molecule has 28 heavy (non-hydrogen) atoms. The predicted octanol–water partition coefficient (Wildman–Crippen LogP) is 3.10. The Morgan fingerprint density at radius 3 is 1.75 bits per heavy atom. The van der Waals surface area contributed by atoms with Gasteiger partial charge in [-0.3, -0.25) is 0 Å². The second-order valence-corrected chi connectivity index (χ2v) is 8.67. The van der Waals surface area contributed by atoms with E-state index in [1.807, 2.05) is 0 Å². The van der Waals surface area contributed by atoms with Crippen molar-refractivity contribution < 1.29 is 18.9 Å². The van der Waals surface area contributed by atoms with E-state index in [1.54, 1.807) is 0 Å². The topological polar surface area (TPSA) is 52.2 Å². The number of ether oxygens (including phenoxy) is 4. The first-order valence-corrected chi connectivity index (χ1v) is 11.3. The number of nitrogens with zero attached hydrogens (tertiary/aromatic N) is 1. The minimum atomic E-state index is 0.211. The van der Waals surface area contributed by atoms with Crippen molar-refractivity contribution in [1.29, 1.82) is 0 Å². The van der Waals surface area contributed by atoms with Crippen LogP contribution in [0.15, 0.2) is 0 Å². The zero-order valence-electron chi connectivity index (χ0n) is 19.0. The molecule has 1 saturated heterocycles. The van der Waals surface area contributed by atoms with E-state index >= 15 is 0 Å². The normalized spacial score (nSPS) is 16.7. The zero-order chi connectivity index (χ0) is 20.5. The number of rotatable bonds is 17. The van der Waals surface area contributed by atoms with Gasteiger partial charge in [-0.05, 0) is 53.1 Å². The predicted molar refractivity (Wildman–Crippen MR) is 115 cm³/mol. The van der Waals surface area contributed by atoms with Crippen LogP contribution in [0, 0.1) is 0 Å². The van der Waals surface area contributed by atoms with Crippen LogP contribution in [-0.4, -0.2) is 89.0 Å². The quantitative estimate of drug-likeness (QED) is 0.377. The van der Waals surface area contributed by atoms with Crippen LogP contribution < -0.4 is 5.32 Å². The zero-order valence-corrected chi connectivity index (χ0v) is 19.0. The molecule has 1 aliphatic heterocycles. The van der Waals surface area contributed by atoms with E-state index in [2.05, 4.69) is 37.9 Å². The molecule has 0 saturated carbocycles. The van der Waals surface area contributed by atoms with E-state index in [4.69, 9.17) is 18.9 Å². The van der Waals surface area contributed by atoms with E-state index < -0.39 is 0 Å². The van der Waals surface area contributed by atoms with Gasteiger partial charge in [0.2, 0.25) is 0 Å². The van der Waals surface area contributed by atoms with Crippen LogP contribution in [0.1, 0.15) is 59.8 Å². The van der Waals surface area contributed by atoms with Gasteiger partial charge in [0.25, 0.3) is 0 Å². The molecule has 6 heteroatoms. The minimum Gasteiger partial charge on any atom is -0.379 e. The molecule has 0 amide bonds. The highest BCUT2D eigenvalue weighted by molar-refractivity contribution is 4.82. The maximum absolute atomic E-state index is 5.69. The second kappa shape index (κ2) is 16.5. The number of unbranched alkanes of at least 4 members (excludes halogenated alkanes) is 2. The summed E-state index contributed by atoms with van der Waals surface area (Å²) in [5, 5.41) is 3.71. The fourth-order valence-corrected chi connectivity index (χ4v) is 3.32. The third-order valence-electron chi connectivity index (χ3n) is 4.78. The first kappa shape index (κ1) is 25.8. The minimum absolute atomic E-state index is 0.211. The molecule has 0 radical (unpaired) electrons. The first-order valence-electron chi connectivity index (χ1n) is 11.3. The summed E-state index contributed by atoms with van der Waals surface area (Å²) in [7, 11) is 0. The molecular weight excluding hydrogens is 356 g/mol. The molecule has 0 aromatic carbocycles. The lowest BCUT2D eigenvalue weighted by Gasteiger charge is -2.36. The van der Waals surface area contributed by atoms with Gasteiger partial charge in [0.05, 0.1) is 46.2 Å². The van der Waals surface area contributed by atoms with Crippen LogP contribution in [-0.2, 0) is 18.9 Å². The summed E-state index contributed by atoms with van der Waals surface area (Å²) in [4.78, 5) is 2.50. The average molecular weight is 403 g/mol. The number of hydrogen-bond acceptors (Lipinski definition) is 6. The molecule has 0 bridgehead atoms. The monoisotopic (exact) mass is 402 g/mol. The van der Waals surface area contributed by atoms with E-state index in [0.717, 1.165) is 39.3 Å². The van der Waals surface area contributed by atoms with Crippen molar-refractivity contribution in [1.82, 2.24) is 10.2 Å². The first-order chi connectivity index (χ1) is 13.5. The van der Waals surface area contributed by atoms with Crippen molar-refractivity contribution in [2.24, 2.45) is 0 Å². The molecule has 1 N–H and O–H groups in total. The SMILES string of the molecule is CCCCCOCCOCCOCCOCCN1CCC(NC(C)(C)C)CC1. The molecule has 0 aliphatic carbocycles. The summed E-state index contributed by atoms with van der Waals surface area (Å²) < 4.78 is 22.2. The van der Waals surface area contributed by atoms with Gasteiger partial charge in [-0.1, -0.05) is 19.8 Å². The Morgan fingerprint density at radius 2 is 1.25 bits per heavy atom. The third-order valence-corrected chi connectivity index (χ3v) is 4.78. The number of nitrogens with one attached hydrogen (secondary N) is 1. The van der Waals surface area contributed by atoms with Gasteiger partial charge in [0.15, 0.2) is 0 Å². The molecule has 1 heterocycles. The van der Waals surface area contributed by atoms with Crippen LogP contribution in [0.3, 0.4) is 0 Å². The van der Waals surface area contributed by atoms with Crippen molar-refractivity contribution >= 4 is 0 Å². The largest absolute Gasteiger partial charge is 0.379 e. The summed E-state index contributed by atoms with van der Waals surface area (Å²) >= 11 is 0. The molecule has 0 spiro atoms. The van der Waals surface area contributed by atoms with Crippen molar-refractivity contribution in [3.8, 4) is 0 Å². The summed E-state index contributed by atoms with van der Waals surface area (Å²) in [5.74, 6) is 0. The Hall–Kier alpha value is -0.240. The van der Waals surface area contributed by atoms with Crippen LogP contribution in [0.2, 0.25) is 0 Å². The molecule has 6 nitrogen and oxygen atoms in total. The van der Waals surface area contributed by atoms with Gasteiger partial charge in [0.1, 0.15) is 0 Å². The highest BCUT2D eigenvalue weighted by Gasteiger charge is 2.22. The molecule has 1 aliphatic rings. The highest BCUT2D eigenvalue weighted by atomic mass is 16.6. The second-order valence-electron chi connectivity index (χ2n) is 8.67. The summed E-state index contributed by atoms with van der Waals surface area (Å²) in [6, 6.07) is 0.653. The van der Waals surface area contributed by atoms with Crippen molar-refractivity contribution in [3.05, 3.63) is 0 Å². The van der Waals surface area contributed by atoms with Crippen molar-refractivity contribution in [2.75, 3.05) is 72.5 Å². The Labute approximate surface area is 173 Å². The molecule has 1 rings (SSSR count). The maximum Gasteiger partial charge on any atom is 0.0701 e. The number of likely N-dealkylation sites (tertiary alicyclic amines) is 1. The molecule has 0 aromatic rings. The van der Waals surface area contributed by atoms with E-state index in [-0.39, 0.29) is 5.54 Å². The number of hydrogen-bond donors (Lipinski definition) is 1. The fraction of sp³-hybridized carbons (Fsp3) is 1.00. The molecular formula is C22H46N2O4. The van der Waals surface area contributed by atoms with Gasteiger partial charge in [0, 0.05) is 24.7 Å². The Balaban J connectivity index is 1.78.